The Kier molecular flexibility index (Phi) is 4.89. The number of aromatic nitrogens is 2. The Bertz CT molecular complexity index is 381. The molecule has 1 heterocycles. The first kappa shape index (κ1) is 14.4. The van der Waals surface area contributed by atoms with E-state index in [1.807, 2.05) is 6.20 Å². The summed E-state index contributed by atoms with van der Waals surface area (Å²) in [5.41, 5.74) is 0. The summed E-state index contributed by atoms with van der Waals surface area (Å²) in [4.78, 5) is 4.51. The van der Waals surface area contributed by atoms with Crippen LogP contribution in [0, 0.1) is 17.8 Å². The Balaban J connectivity index is 2.04. The van der Waals surface area contributed by atoms with E-state index in [0.29, 0.717) is 12.0 Å². The van der Waals surface area contributed by atoms with Crippen LogP contribution in [0.25, 0.3) is 0 Å². The Hall–Kier alpha value is -0.990. The van der Waals surface area contributed by atoms with E-state index < -0.39 is 0 Å². The maximum absolute atomic E-state index is 4.51. The van der Waals surface area contributed by atoms with Gasteiger partial charge in [0.1, 0.15) is 0 Å². The molecular formula is C16H29N3. The molecular weight excluding hydrogens is 234 g/mol. The number of anilines is 1. The predicted octanol–water partition coefficient (Wildman–Crippen LogP) is 4.17. The number of nitrogens with zero attached hydrogens (tertiary/aromatic N) is 2. The van der Waals surface area contributed by atoms with Gasteiger partial charge in [-0.3, -0.25) is 0 Å². The molecule has 0 amide bonds. The summed E-state index contributed by atoms with van der Waals surface area (Å²) in [6.07, 6.45) is 9.40. The zero-order valence-corrected chi connectivity index (χ0v) is 12.9. The molecule has 3 heteroatoms. The largest absolute Gasteiger partial charge is 0.353 e. The Labute approximate surface area is 117 Å². The van der Waals surface area contributed by atoms with Crippen molar-refractivity contribution in [3.63, 3.8) is 0 Å². The fraction of sp³-hybridized carbons (Fsp3) is 0.812. The number of hydrogen-bond acceptors (Lipinski definition) is 2. The minimum absolute atomic E-state index is 0.599. The average Bonchev–Trinajstić information content (AvgIpc) is 2.76. The lowest BCUT2D eigenvalue weighted by atomic mass is 9.78. The van der Waals surface area contributed by atoms with Crippen molar-refractivity contribution in [2.24, 2.45) is 17.8 Å². The molecule has 0 spiro atoms. The van der Waals surface area contributed by atoms with Crippen LogP contribution in [0.2, 0.25) is 0 Å². The number of hydrogen-bond donors (Lipinski definition) is 1. The van der Waals surface area contributed by atoms with Crippen molar-refractivity contribution in [3.8, 4) is 0 Å². The van der Waals surface area contributed by atoms with E-state index in [2.05, 4.69) is 48.8 Å². The zero-order chi connectivity index (χ0) is 13.8. The van der Waals surface area contributed by atoms with Gasteiger partial charge in [-0.2, -0.15) is 0 Å². The third kappa shape index (κ3) is 3.74. The van der Waals surface area contributed by atoms with Crippen molar-refractivity contribution in [2.45, 2.75) is 66.0 Å². The van der Waals surface area contributed by atoms with Gasteiger partial charge in [0.2, 0.25) is 5.95 Å². The van der Waals surface area contributed by atoms with Gasteiger partial charge in [0, 0.05) is 25.0 Å². The topological polar surface area (TPSA) is 29.9 Å². The Morgan fingerprint density at radius 2 is 2.00 bits per heavy atom. The predicted molar refractivity (Wildman–Crippen MR) is 81.3 cm³/mol. The molecule has 1 fully saturated rings. The highest BCUT2D eigenvalue weighted by molar-refractivity contribution is 5.28. The van der Waals surface area contributed by atoms with Crippen LogP contribution in [0.15, 0.2) is 12.4 Å². The van der Waals surface area contributed by atoms with Crippen molar-refractivity contribution in [2.75, 3.05) is 5.32 Å². The van der Waals surface area contributed by atoms with Crippen LogP contribution >= 0.6 is 0 Å². The van der Waals surface area contributed by atoms with Crippen LogP contribution in [0.4, 0.5) is 5.95 Å². The Morgan fingerprint density at radius 3 is 2.68 bits per heavy atom. The Morgan fingerprint density at radius 1 is 1.26 bits per heavy atom. The van der Waals surface area contributed by atoms with E-state index in [-0.39, 0.29) is 0 Å². The van der Waals surface area contributed by atoms with E-state index in [1.165, 1.54) is 25.7 Å². The summed E-state index contributed by atoms with van der Waals surface area (Å²) < 4.78 is 2.26. The van der Waals surface area contributed by atoms with Crippen LogP contribution in [0.5, 0.6) is 0 Å². The van der Waals surface area contributed by atoms with Gasteiger partial charge in [0.15, 0.2) is 0 Å². The molecule has 2 rings (SSSR count). The molecule has 2 unspecified atom stereocenters. The van der Waals surface area contributed by atoms with Gasteiger partial charge in [0.05, 0.1) is 0 Å². The van der Waals surface area contributed by atoms with Crippen molar-refractivity contribution < 1.29 is 0 Å². The minimum atomic E-state index is 0.599. The summed E-state index contributed by atoms with van der Waals surface area (Å²) >= 11 is 0. The summed E-state index contributed by atoms with van der Waals surface area (Å²) in [7, 11) is 0. The van der Waals surface area contributed by atoms with Crippen molar-refractivity contribution in [3.05, 3.63) is 12.4 Å². The molecule has 0 radical (unpaired) electrons. The molecule has 1 aliphatic rings. The highest BCUT2D eigenvalue weighted by Crippen LogP contribution is 2.32. The first-order chi connectivity index (χ1) is 9.08. The summed E-state index contributed by atoms with van der Waals surface area (Å²) in [5.74, 6) is 3.26. The minimum Gasteiger partial charge on any atom is -0.353 e. The second kappa shape index (κ2) is 6.44. The van der Waals surface area contributed by atoms with E-state index >= 15 is 0 Å². The van der Waals surface area contributed by atoms with Crippen molar-refractivity contribution in [1.82, 2.24) is 9.55 Å². The van der Waals surface area contributed by atoms with Crippen LogP contribution in [0.1, 0.15) is 53.4 Å². The zero-order valence-electron chi connectivity index (χ0n) is 12.9. The average molecular weight is 263 g/mol. The third-order valence-electron chi connectivity index (χ3n) is 4.27. The van der Waals surface area contributed by atoms with Crippen LogP contribution in [0.3, 0.4) is 0 Å². The lowest BCUT2D eigenvalue weighted by Gasteiger charge is -2.35. The first-order valence-corrected chi connectivity index (χ1v) is 7.85. The van der Waals surface area contributed by atoms with Crippen molar-refractivity contribution >= 4 is 5.95 Å². The second-order valence-electron chi connectivity index (χ2n) is 6.74. The molecule has 0 saturated heterocycles. The van der Waals surface area contributed by atoms with Gasteiger partial charge in [-0.25, -0.2) is 4.98 Å². The smallest absolute Gasteiger partial charge is 0.203 e. The lowest BCUT2D eigenvalue weighted by molar-refractivity contribution is 0.252. The molecule has 1 aliphatic carbocycles. The molecule has 2 atom stereocenters. The van der Waals surface area contributed by atoms with Gasteiger partial charge in [-0.05, 0) is 30.6 Å². The molecule has 108 valence electrons. The molecule has 0 bridgehead atoms. The molecule has 1 saturated carbocycles. The van der Waals surface area contributed by atoms with Gasteiger partial charge < -0.3 is 9.88 Å². The number of nitrogens with one attached hydrogen (secondary N) is 1. The summed E-state index contributed by atoms with van der Waals surface area (Å²) in [6, 6.07) is 0.599. The molecule has 19 heavy (non-hydrogen) atoms. The maximum atomic E-state index is 4.51. The van der Waals surface area contributed by atoms with Gasteiger partial charge >= 0.3 is 0 Å². The third-order valence-corrected chi connectivity index (χ3v) is 4.27. The van der Waals surface area contributed by atoms with Gasteiger partial charge in [-0.1, -0.05) is 40.5 Å². The maximum Gasteiger partial charge on any atom is 0.203 e. The quantitative estimate of drug-likeness (QED) is 0.864. The van der Waals surface area contributed by atoms with Gasteiger partial charge in [-0.15, -0.1) is 0 Å². The molecule has 1 N–H and O–H groups in total. The van der Waals surface area contributed by atoms with E-state index in [9.17, 15) is 0 Å². The van der Waals surface area contributed by atoms with Crippen LogP contribution < -0.4 is 5.32 Å². The molecule has 0 aliphatic heterocycles. The standard InChI is InChI=1S/C16H29N3/c1-12(2)11-19-10-9-17-16(19)18-15-8-6-5-7-14(15)13(3)4/h9-10,12-15H,5-8,11H2,1-4H3,(H,17,18). The normalized spacial score (nSPS) is 24.1. The fourth-order valence-electron chi connectivity index (χ4n) is 3.29. The molecule has 1 aromatic rings. The van der Waals surface area contributed by atoms with Crippen LogP contribution in [-0.4, -0.2) is 15.6 Å². The fourth-order valence-corrected chi connectivity index (χ4v) is 3.29. The highest BCUT2D eigenvalue weighted by atomic mass is 15.2. The van der Waals surface area contributed by atoms with Gasteiger partial charge in [0.25, 0.3) is 0 Å². The number of rotatable bonds is 5. The van der Waals surface area contributed by atoms with E-state index in [1.54, 1.807) is 0 Å². The second-order valence-corrected chi connectivity index (χ2v) is 6.74. The highest BCUT2D eigenvalue weighted by Gasteiger charge is 2.28. The monoisotopic (exact) mass is 263 g/mol. The SMILES string of the molecule is CC(C)Cn1ccnc1NC1CCCCC1C(C)C. The molecule has 1 aromatic heterocycles. The summed E-state index contributed by atoms with van der Waals surface area (Å²) in [5, 5.41) is 3.72. The summed E-state index contributed by atoms with van der Waals surface area (Å²) in [6.45, 7) is 10.3. The van der Waals surface area contributed by atoms with E-state index in [0.717, 1.165) is 24.3 Å². The number of imidazole rings is 1. The van der Waals surface area contributed by atoms with E-state index in [4.69, 9.17) is 0 Å². The molecule has 0 aromatic carbocycles. The van der Waals surface area contributed by atoms with Crippen molar-refractivity contribution in [1.29, 1.82) is 0 Å². The molecule has 3 nitrogen and oxygen atoms in total. The first-order valence-electron chi connectivity index (χ1n) is 7.85. The lowest BCUT2D eigenvalue weighted by Crippen LogP contribution is -2.36. The van der Waals surface area contributed by atoms with Crippen LogP contribution in [-0.2, 0) is 6.54 Å².